The van der Waals surface area contributed by atoms with Gasteiger partial charge in [0, 0.05) is 12.6 Å². The summed E-state index contributed by atoms with van der Waals surface area (Å²) in [6.45, 7) is 0.371. The minimum Gasteiger partial charge on any atom is -0.497 e. The van der Waals surface area contributed by atoms with E-state index >= 15 is 0 Å². The number of rotatable bonds is 6. The number of amides is 1. The summed E-state index contributed by atoms with van der Waals surface area (Å²) in [5, 5.41) is 3.00. The average Bonchev–Trinajstić information content (AvgIpc) is 3.20. The lowest BCUT2D eigenvalue weighted by Crippen LogP contribution is -2.37. The zero-order chi connectivity index (χ0) is 13.0. The van der Waals surface area contributed by atoms with Gasteiger partial charge in [-0.15, -0.1) is 0 Å². The Kier molecular flexibility index (Phi) is 4.20. The summed E-state index contributed by atoms with van der Waals surface area (Å²) in [4.78, 5) is 12.0. The van der Waals surface area contributed by atoms with Gasteiger partial charge in [-0.1, -0.05) is 12.1 Å². The van der Waals surface area contributed by atoms with E-state index in [9.17, 15) is 4.79 Å². The third kappa shape index (κ3) is 3.47. The smallest absolute Gasteiger partial charge is 0.224 e. The van der Waals surface area contributed by atoms with Crippen molar-refractivity contribution in [2.45, 2.75) is 25.3 Å². The van der Waals surface area contributed by atoms with Gasteiger partial charge in [-0.25, -0.2) is 0 Å². The monoisotopic (exact) mass is 248 g/mol. The molecule has 4 heteroatoms. The Labute approximate surface area is 108 Å². The van der Waals surface area contributed by atoms with Crippen LogP contribution in [0.4, 0.5) is 0 Å². The van der Waals surface area contributed by atoms with Crippen LogP contribution < -0.4 is 15.8 Å². The van der Waals surface area contributed by atoms with E-state index in [1.54, 1.807) is 7.11 Å². The van der Waals surface area contributed by atoms with Gasteiger partial charge in [-0.05, 0) is 37.0 Å². The number of carbonyl (C=O) groups is 1. The first-order valence-corrected chi connectivity index (χ1v) is 6.36. The molecule has 0 aliphatic heterocycles. The molecule has 2 rings (SSSR count). The van der Waals surface area contributed by atoms with E-state index in [0.29, 0.717) is 19.0 Å². The summed E-state index contributed by atoms with van der Waals surface area (Å²) in [6, 6.07) is 8.16. The Morgan fingerprint density at radius 3 is 2.94 bits per heavy atom. The maximum absolute atomic E-state index is 12.0. The normalized spacial score (nSPS) is 16.1. The fraction of sp³-hybridized carbons (Fsp3) is 0.500. The highest BCUT2D eigenvalue weighted by Gasteiger charge is 2.26. The van der Waals surface area contributed by atoms with E-state index in [4.69, 9.17) is 10.5 Å². The molecule has 0 bridgehead atoms. The summed E-state index contributed by atoms with van der Waals surface area (Å²) >= 11 is 0. The van der Waals surface area contributed by atoms with Crippen LogP contribution in [0.25, 0.3) is 0 Å². The molecule has 4 nitrogen and oxygen atoms in total. The van der Waals surface area contributed by atoms with Crippen molar-refractivity contribution in [3.63, 3.8) is 0 Å². The molecule has 1 saturated carbocycles. The SMILES string of the molecule is COc1cccc(CC(CN)C(=O)NC2CC2)c1. The van der Waals surface area contributed by atoms with Crippen LogP contribution in [0, 0.1) is 5.92 Å². The van der Waals surface area contributed by atoms with Crippen molar-refractivity contribution in [1.29, 1.82) is 0 Å². The van der Waals surface area contributed by atoms with E-state index in [0.717, 1.165) is 24.2 Å². The number of nitrogens with two attached hydrogens (primary N) is 1. The third-order valence-electron chi connectivity index (χ3n) is 3.20. The highest BCUT2D eigenvalue weighted by molar-refractivity contribution is 5.79. The van der Waals surface area contributed by atoms with Crippen LogP contribution in [-0.2, 0) is 11.2 Å². The van der Waals surface area contributed by atoms with E-state index in [2.05, 4.69) is 5.32 Å². The number of hydrogen-bond donors (Lipinski definition) is 2. The standard InChI is InChI=1S/C14H20N2O2/c1-18-13-4-2-3-10(8-13)7-11(9-15)14(17)16-12-5-6-12/h2-4,8,11-12H,5-7,9,15H2,1H3,(H,16,17). The summed E-state index contributed by atoms with van der Waals surface area (Å²) < 4.78 is 5.17. The van der Waals surface area contributed by atoms with E-state index in [1.165, 1.54) is 0 Å². The van der Waals surface area contributed by atoms with Gasteiger partial charge in [0.25, 0.3) is 0 Å². The molecule has 1 amide bonds. The number of methoxy groups -OCH3 is 1. The molecule has 0 spiro atoms. The number of ether oxygens (including phenoxy) is 1. The summed E-state index contributed by atoms with van der Waals surface area (Å²) in [7, 11) is 1.64. The Morgan fingerprint density at radius 1 is 1.56 bits per heavy atom. The van der Waals surface area contributed by atoms with Crippen LogP contribution in [0.1, 0.15) is 18.4 Å². The molecule has 0 saturated heterocycles. The number of hydrogen-bond acceptors (Lipinski definition) is 3. The van der Waals surface area contributed by atoms with Gasteiger partial charge in [-0.3, -0.25) is 4.79 Å². The maximum atomic E-state index is 12.0. The molecule has 0 heterocycles. The van der Waals surface area contributed by atoms with Crippen LogP contribution in [-0.4, -0.2) is 25.6 Å². The second kappa shape index (κ2) is 5.87. The van der Waals surface area contributed by atoms with Crippen molar-refractivity contribution in [2.75, 3.05) is 13.7 Å². The van der Waals surface area contributed by atoms with E-state index < -0.39 is 0 Å². The van der Waals surface area contributed by atoms with Crippen molar-refractivity contribution < 1.29 is 9.53 Å². The predicted molar refractivity (Wildman–Crippen MR) is 70.4 cm³/mol. The molecule has 1 aromatic rings. The molecule has 1 fully saturated rings. The van der Waals surface area contributed by atoms with Gasteiger partial charge in [0.1, 0.15) is 5.75 Å². The second-order valence-electron chi connectivity index (χ2n) is 4.77. The molecular weight excluding hydrogens is 228 g/mol. The van der Waals surface area contributed by atoms with Gasteiger partial charge in [0.2, 0.25) is 5.91 Å². The highest BCUT2D eigenvalue weighted by atomic mass is 16.5. The zero-order valence-electron chi connectivity index (χ0n) is 10.7. The van der Waals surface area contributed by atoms with E-state index in [1.807, 2.05) is 24.3 Å². The number of nitrogens with one attached hydrogen (secondary N) is 1. The first-order valence-electron chi connectivity index (χ1n) is 6.36. The van der Waals surface area contributed by atoms with Gasteiger partial charge < -0.3 is 15.8 Å². The molecule has 1 aromatic carbocycles. The Bertz CT molecular complexity index is 416. The molecular formula is C14H20N2O2. The van der Waals surface area contributed by atoms with Crippen molar-refractivity contribution >= 4 is 5.91 Å². The van der Waals surface area contributed by atoms with Crippen LogP contribution in [0.5, 0.6) is 5.75 Å². The van der Waals surface area contributed by atoms with Gasteiger partial charge >= 0.3 is 0 Å². The summed E-state index contributed by atoms with van der Waals surface area (Å²) in [5.74, 6) is 0.728. The van der Waals surface area contributed by atoms with Crippen LogP contribution in [0.2, 0.25) is 0 Å². The van der Waals surface area contributed by atoms with Gasteiger partial charge in [-0.2, -0.15) is 0 Å². The largest absolute Gasteiger partial charge is 0.497 e. The first-order chi connectivity index (χ1) is 8.72. The van der Waals surface area contributed by atoms with Crippen LogP contribution in [0.15, 0.2) is 24.3 Å². The van der Waals surface area contributed by atoms with Crippen molar-refractivity contribution in [3.05, 3.63) is 29.8 Å². The Hall–Kier alpha value is -1.55. The van der Waals surface area contributed by atoms with Crippen LogP contribution in [0.3, 0.4) is 0 Å². The molecule has 3 N–H and O–H groups in total. The lowest BCUT2D eigenvalue weighted by Gasteiger charge is -2.15. The molecule has 1 aliphatic rings. The van der Waals surface area contributed by atoms with Gasteiger partial charge in [0.15, 0.2) is 0 Å². The quantitative estimate of drug-likeness (QED) is 0.792. The van der Waals surface area contributed by atoms with E-state index in [-0.39, 0.29) is 11.8 Å². The van der Waals surface area contributed by atoms with Crippen LogP contribution >= 0.6 is 0 Å². The Balaban J connectivity index is 1.97. The summed E-state index contributed by atoms with van der Waals surface area (Å²) in [6.07, 6.45) is 2.86. The van der Waals surface area contributed by atoms with Crippen molar-refractivity contribution in [3.8, 4) is 5.75 Å². The molecule has 1 atom stereocenters. The lowest BCUT2D eigenvalue weighted by molar-refractivity contribution is -0.124. The minimum atomic E-state index is -0.155. The fourth-order valence-electron chi connectivity index (χ4n) is 1.91. The number of benzene rings is 1. The predicted octanol–water partition coefficient (Wildman–Crippen LogP) is 1.09. The molecule has 0 radical (unpaired) electrons. The fourth-order valence-corrected chi connectivity index (χ4v) is 1.91. The van der Waals surface area contributed by atoms with Crippen molar-refractivity contribution in [1.82, 2.24) is 5.32 Å². The minimum absolute atomic E-state index is 0.0721. The van der Waals surface area contributed by atoms with Crippen molar-refractivity contribution in [2.24, 2.45) is 11.7 Å². The Morgan fingerprint density at radius 2 is 2.33 bits per heavy atom. The first kappa shape index (κ1) is 12.9. The lowest BCUT2D eigenvalue weighted by atomic mass is 9.98. The molecule has 1 aliphatic carbocycles. The maximum Gasteiger partial charge on any atom is 0.224 e. The molecule has 0 aromatic heterocycles. The molecule has 1 unspecified atom stereocenters. The number of carbonyl (C=O) groups excluding carboxylic acids is 1. The summed E-state index contributed by atoms with van der Waals surface area (Å²) in [5.41, 5.74) is 6.78. The molecule has 98 valence electrons. The van der Waals surface area contributed by atoms with Gasteiger partial charge in [0.05, 0.1) is 13.0 Å². The topological polar surface area (TPSA) is 64.3 Å². The molecule has 18 heavy (non-hydrogen) atoms. The average molecular weight is 248 g/mol. The highest BCUT2D eigenvalue weighted by Crippen LogP contribution is 2.20. The third-order valence-corrected chi connectivity index (χ3v) is 3.20. The zero-order valence-corrected chi connectivity index (χ0v) is 10.7. The second-order valence-corrected chi connectivity index (χ2v) is 4.77.